The summed E-state index contributed by atoms with van der Waals surface area (Å²) in [4.78, 5) is 12.6. The Morgan fingerprint density at radius 3 is 2.26 bits per heavy atom. The maximum atomic E-state index is 12.6. The van der Waals surface area contributed by atoms with E-state index in [0.29, 0.717) is 18.8 Å². The molecule has 0 saturated heterocycles. The van der Waals surface area contributed by atoms with Gasteiger partial charge in [0.15, 0.2) is 11.5 Å². The van der Waals surface area contributed by atoms with E-state index in [4.69, 9.17) is 9.47 Å². The normalized spacial score (nSPS) is 13.7. The predicted octanol–water partition coefficient (Wildman–Crippen LogP) is 4.62. The molecule has 0 radical (unpaired) electrons. The molecular weight excluding hydrogens is 338 g/mol. The van der Waals surface area contributed by atoms with Crippen molar-refractivity contribution in [2.75, 3.05) is 13.2 Å². The Morgan fingerprint density at radius 1 is 0.852 bits per heavy atom. The number of rotatable bonds is 4. The van der Waals surface area contributed by atoms with Crippen molar-refractivity contribution < 1.29 is 14.3 Å². The molecule has 136 valence electrons. The molecular formula is C23H21NO3. The van der Waals surface area contributed by atoms with Gasteiger partial charge in [0.05, 0.1) is 6.04 Å². The highest BCUT2D eigenvalue weighted by Gasteiger charge is 2.16. The Morgan fingerprint density at radius 2 is 1.52 bits per heavy atom. The quantitative estimate of drug-likeness (QED) is 0.740. The number of fused-ring (bicyclic) bond motifs is 1. The molecule has 0 unspecified atom stereocenters. The lowest BCUT2D eigenvalue weighted by molar-refractivity contribution is 0.0939. The molecule has 0 aromatic heterocycles. The van der Waals surface area contributed by atoms with Crippen molar-refractivity contribution in [1.82, 2.24) is 5.32 Å². The second-order valence-electron chi connectivity index (χ2n) is 6.54. The highest BCUT2D eigenvalue weighted by molar-refractivity contribution is 5.95. The van der Waals surface area contributed by atoms with Crippen LogP contribution in [0.25, 0.3) is 11.1 Å². The van der Waals surface area contributed by atoms with Gasteiger partial charge in [0.25, 0.3) is 5.91 Å². The van der Waals surface area contributed by atoms with E-state index < -0.39 is 0 Å². The molecule has 0 saturated carbocycles. The average Bonchev–Trinajstić information content (AvgIpc) is 2.74. The summed E-state index contributed by atoms with van der Waals surface area (Å²) in [6.45, 7) is 3.07. The molecule has 0 bridgehead atoms. The summed E-state index contributed by atoms with van der Waals surface area (Å²) in [5.74, 6) is 1.38. The summed E-state index contributed by atoms with van der Waals surface area (Å²) in [5.41, 5.74) is 3.84. The van der Waals surface area contributed by atoms with Crippen molar-refractivity contribution in [2.45, 2.75) is 13.0 Å². The van der Waals surface area contributed by atoms with Crippen LogP contribution >= 0.6 is 0 Å². The van der Waals surface area contributed by atoms with Crippen LogP contribution < -0.4 is 14.8 Å². The number of hydrogen-bond acceptors (Lipinski definition) is 3. The first kappa shape index (κ1) is 17.2. The Balaban J connectivity index is 1.45. The van der Waals surface area contributed by atoms with Crippen LogP contribution in [0.3, 0.4) is 0 Å². The zero-order valence-corrected chi connectivity index (χ0v) is 15.1. The lowest BCUT2D eigenvalue weighted by Gasteiger charge is -2.21. The van der Waals surface area contributed by atoms with Gasteiger partial charge in [-0.05, 0) is 47.9 Å². The lowest BCUT2D eigenvalue weighted by atomic mass is 10.0. The van der Waals surface area contributed by atoms with Gasteiger partial charge in [0.2, 0.25) is 0 Å². The molecule has 0 aliphatic carbocycles. The zero-order chi connectivity index (χ0) is 18.6. The van der Waals surface area contributed by atoms with E-state index in [-0.39, 0.29) is 11.9 Å². The van der Waals surface area contributed by atoms with Crippen LogP contribution in [0.1, 0.15) is 28.9 Å². The van der Waals surface area contributed by atoms with Crippen LogP contribution in [-0.4, -0.2) is 19.1 Å². The van der Waals surface area contributed by atoms with Crippen LogP contribution in [0.15, 0.2) is 72.8 Å². The first-order valence-corrected chi connectivity index (χ1v) is 9.06. The van der Waals surface area contributed by atoms with Crippen LogP contribution in [-0.2, 0) is 0 Å². The van der Waals surface area contributed by atoms with Crippen LogP contribution in [0, 0.1) is 0 Å². The number of ether oxygens (including phenoxy) is 2. The second-order valence-corrected chi connectivity index (χ2v) is 6.54. The lowest BCUT2D eigenvalue weighted by Crippen LogP contribution is -2.26. The molecule has 1 aliphatic rings. The highest BCUT2D eigenvalue weighted by Crippen LogP contribution is 2.32. The smallest absolute Gasteiger partial charge is 0.251 e. The molecule has 0 fully saturated rings. The highest BCUT2D eigenvalue weighted by atomic mass is 16.6. The predicted molar refractivity (Wildman–Crippen MR) is 105 cm³/mol. The molecule has 3 aromatic carbocycles. The van der Waals surface area contributed by atoms with Gasteiger partial charge in [-0.15, -0.1) is 0 Å². The Hall–Kier alpha value is -3.27. The van der Waals surface area contributed by atoms with Gasteiger partial charge in [-0.2, -0.15) is 0 Å². The second kappa shape index (κ2) is 7.54. The molecule has 3 aromatic rings. The number of amides is 1. The summed E-state index contributed by atoms with van der Waals surface area (Å²) < 4.78 is 11.2. The van der Waals surface area contributed by atoms with Gasteiger partial charge < -0.3 is 14.8 Å². The van der Waals surface area contributed by atoms with E-state index in [1.54, 1.807) is 0 Å². The first-order valence-electron chi connectivity index (χ1n) is 9.06. The maximum Gasteiger partial charge on any atom is 0.251 e. The molecule has 1 amide bonds. The minimum Gasteiger partial charge on any atom is -0.486 e. The average molecular weight is 359 g/mol. The third-order valence-corrected chi connectivity index (χ3v) is 4.67. The fourth-order valence-electron chi connectivity index (χ4n) is 3.14. The zero-order valence-electron chi connectivity index (χ0n) is 15.1. The summed E-state index contributed by atoms with van der Waals surface area (Å²) in [6.07, 6.45) is 0. The van der Waals surface area contributed by atoms with Gasteiger partial charge in [-0.1, -0.05) is 48.5 Å². The van der Waals surface area contributed by atoms with E-state index in [2.05, 4.69) is 17.4 Å². The first-order chi connectivity index (χ1) is 13.2. The SMILES string of the molecule is C[C@@H](NC(=O)c1ccc(-c2ccccc2)cc1)c1ccc2c(c1)OCCO2. The van der Waals surface area contributed by atoms with Crippen molar-refractivity contribution in [1.29, 1.82) is 0 Å². The number of hydrogen-bond donors (Lipinski definition) is 1. The molecule has 27 heavy (non-hydrogen) atoms. The minimum atomic E-state index is -0.137. The third-order valence-electron chi connectivity index (χ3n) is 4.67. The summed E-state index contributed by atoms with van der Waals surface area (Å²) >= 11 is 0. The fraction of sp³-hybridized carbons (Fsp3) is 0.174. The number of carbonyl (C=O) groups is 1. The van der Waals surface area contributed by atoms with Crippen LogP contribution in [0.5, 0.6) is 11.5 Å². The van der Waals surface area contributed by atoms with Crippen molar-refractivity contribution >= 4 is 5.91 Å². The van der Waals surface area contributed by atoms with Gasteiger partial charge >= 0.3 is 0 Å². The van der Waals surface area contributed by atoms with E-state index in [0.717, 1.165) is 28.2 Å². The molecule has 1 atom stereocenters. The molecule has 4 rings (SSSR count). The molecule has 0 spiro atoms. The summed E-state index contributed by atoms with van der Waals surface area (Å²) in [5, 5.41) is 3.04. The van der Waals surface area contributed by atoms with Gasteiger partial charge in [-0.3, -0.25) is 4.79 Å². The summed E-state index contributed by atoms with van der Waals surface area (Å²) in [6, 6.07) is 23.4. The Labute approximate surface area is 158 Å². The summed E-state index contributed by atoms with van der Waals surface area (Å²) in [7, 11) is 0. The van der Waals surface area contributed by atoms with E-state index >= 15 is 0 Å². The minimum absolute atomic E-state index is 0.1000. The number of benzene rings is 3. The van der Waals surface area contributed by atoms with Crippen molar-refractivity contribution in [3.63, 3.8) is 0 Å². The monoisotopic (exact) mass is 359 g/mol. The Kier molecular flexibility index (Phi) is 4.79. The standard InChI is InChI=1S/C23H21NO3/c1-16(20-11-12-21-22(15-20)27-14-13-26-21)24-23(25)19-9-7-18(8-10-19)17-5-3-2-4-6-17/h2-12,15-16H,13-14H2,1H3,(H,24,25)/t16-/m1/s1. The van der Waals surface area contributed by atoms with Gasteiger partial charge in [0.1, 0.15) is 13.2 Å². The molecule has 1 aliphatic heterocycles. The van der Waals surface area contributed by atoms with E-state index in [1.807, 2.05) is 67.6 Å². The van der Waals surface area contributed by atoms with E-state index in [9.17, 15) is 4.79 Å². The van der Waals surface area contributed by atoms with Crippen molar-refractivity contribution in [2.24, 2.45) is 0 Å². The fourth-order valence-corrected chi connectivity index (χ4v) is 3.14. The third kappa shape index (κ3) is 3.80. The maximum absolute atomic E-state index is 12.6. The molecule has 4 heteroatoms. The van der Waals surface area contributed by atoms with Crippen LogP contribution in [0.4, 0.5) is 0 Å². The van der Waals surface area contributed by atoms with Gasteiger partial charge in [-0.25, -0.2) is 0 Å². The number of carbonyl (C=O) groups excluding carboxylic acids is 1. The van der Waals surface area contributed by atoms with Crippen molar-refractivity contribution in [3.8, 4) is 22.6 Å². The van der Waals surface area contributed by atoms with Crippen LogP contribution in [0.2, 0.25) is 0 Å². The van der Waals surface area contributed by atoms with Gasteiger partial charge in [0, 0.05) is 5.56 Å². The van der Waals surface area contributed by atoms with Crippen molar-refractivity contribution in [3.05, 3.63) is 83.9 Å². The largest absolute Gasteiger partial charge is 0.486 e. The topological polar surface area (TPSA) is 47.6 Å². The molecule has 1 heterocycles. The molecule has 1 N–H and O–H groups in total. The molecule has 4 nitrogen and oxygen atoms in total. The van der Waals surface area contributed by atoms with E-state index in [1.165, 1.54) is 0 Å². The number of nitrogens with one attached hydrogen (secondary N) is 1. The Bertz CT molecular complexity index is 936.